The van der Waals surface area contributed by atoms with Crippen molar-refractivity contribution in [2.75, 3.05) is 25.0 Å². The average Bonchev–Trinajstić information content (AvgIpc) is 2.67. The van der Waals surface area contributed by atoms with Gasteiger partial charge in [-0.25, -0.2) is 0 Å². The molecule has 3 nitrogen and oxygen atoms in total. The number of piperidine rings is 1. The highest BCUT2D eigenvalue weighted by atomic mass is 19.4. The van der Waals surface area contributed by atoms with Crippen molar-refractivity contribution in [3.05, 3.63) is 53.1 Å². The SMILES string of the molecule is CCCN1CCC(Nc2cc(C(F)(F)F)cc3c2Cc2ccccc2O3)CC1. The van der Waals surface area contributed by atoms with Crippen molar-refractivity contribution in [2.45, 2.75) is 44.8 Å². The van der Waals surface area contributed by atoms with Crippen molar-refractivity contribution in [1.29, 1.82) is 0 Å². The topological polar surface area (TPSA) is 24.5 Å². The summed E-state index contributed by atoms with van der Waals surface area (Å²) in [4.78, 5) is 2.42. The number of ether oxygens (including phenoxy) is 1. The number of para-hydroxylation sites is 1. The molecule has 1 fully saturated rings. The van der Waals surface area contributed by atoms with Crippen LogP contribution in [-0.4, -0.2) is 30.6 Å². The van der Waals surface area contributed by atoms with Crippen LogP contribution in [0.5, 0.6) is 11.5 Å². The Bertz CT molecular complexity index is 842. The van der Waals surface area contributed by atoms with E-state index >= 15 is 0 Å². The Morgan fingerprint density at radius 1 is 1.11 bits per heavy atom. The Balaban J connectivity index is 1.61. The molecule has 6 heteroatoms. The fourth-order valence-corrected chi connectivity index (χ4v) is 4.11. The number of anilines is 1. The fraction of sp³-hybridized carbons (Fsp3) is 0.455. The van der Waals surface area contributed by atoms with Crippen molar-refractivity contribution in [2.24, 2.45) is 0 Å². The number of benzene rings is 2. The van der Waals surface area contributed by atoms with E-state index in [0.717, 1.165) is 56.1 Å². The number of nitrogens with zero attached hydrogens (tertiary/aromatic N) is 1. The number of rotatable bonds is 4. The van der Waals surface area contributed by atoms with Crippen molar-refractivity contribution in [1.82, 2.24) is 4.90 Å². The van der Waals surface area contributed by atoms with Gasteiger partial charge < -0.3 is 15.0 Å². The van der Waals surface area contributed by atoms with E-state index in [4.69, 9.17) is 4.74 Å². The van der Waals surface area contributed by atoms with Crippen LogP contribution in [0.25, 0.3) is 0 Å². The summed E-state index contributed by atoms with van der Waals surface area (Å²) in [7, 11) is 0. The Morgan fingerprint density at radius 3 is 2.57 bits per heavy atom. The molecule has 0 aromatic heterocycles. The molecule has 0 bridgehead atoms. The highest BCUT2D eigenvalue weighted by molar-refractivity contribution is 5.65. The maximum atomic E-state index is 13.5. The van der Waals surface area contributed by atoms with Gasteiger partial charge in [0.05, 0.1) is 5.56 Å². The molecule has 2 aliphatic rings. The highest BCUT2D eigenvalue weighted by Crippen LogP contribution is 2.44. The van der Waals surface area contributed by atoms with Gasteiger partial charge in [0.1, 0.15) is 11.5 Å². The van der Waals surface area contributed by atoms with Gasteiger partial charge in [-0.3, -0.25) is 0 Å². The molecule has 2 aliphatic heterocycles. The summed E-state index contributed by atoms with van der Waals surface area (Å²) >= 11 is 0. The Kier molecular flexibility index (Phi) is 5.23. The molecule has 0 saturated carbocycles. The second-order valence-corrected chi connectivity index (χ2v) is 7.65. The van der Waals surface area contributed by atoms with Gasteiger partial charge in [0.15, 0.2) is 0 Å². The number of hydrogen-bond donors (Lipinski definition) is 1. The zero-order chi connectivity index (χ0) is 19.7. The van der Waals surface area contributed by atoms with E-state index in [1.807, 2.05) is 18.2 Å². The third-order valence-corrected chi connectivity index (χ3v) is 5.58. The van der Waals surface area contributed by atoms with Crippen LogP contribution in [0.15, 0.2) is 36.4 Å². The van der Waals surface area contributed by atoms with E-state index < -0.39 is 11.7 Å². The standard InChI is InChI=1S/C22H25F3N2O/c1-2-9-27-10-7-17(8-11-27)26-19-13-16(22(23,24)25)14-21-18(19)12-15-5-3-4-6-20(15)28-21/h3-6,13-14,17,26H,2,7-12H2,1H3. The van der Waals surface area contributed by atoms with Gasteiger partial charge in [0.25, 0.3) is 0 Å². The van der Waals surface area contributed by atoms with E-state index in [1.54, 1.807) is 6.07 Å². The predicted octanol–water partition coefficient (Wildman–Crippen LogP) is 5.69. The normalized spacial score (nSPS) is 17.6. The zero-order valence-corrected chi connectivity index (χ0v) is 16.0. The van der Waals surface area contributed by atoms with Crippen LogP contribution in [0.2, 0.25) is 0 Å². The van der Waals surface area contributed by atoms with Crippen LogP contribution in [0.4, 0.5) is 18.9 Å². The zero-order valence-electron chi connectivity index (χ0n) is 16.0. The van der Waals surface area contributed by atoms with Crippen LogP contribution in [0.3, 0.4) is 0 Å². The van der Waals surface area contributed by atoms with E-state index in [1.165, 1.54) is 6.07 Å². The van der Waals surface area contributed by atoms with Gasteiger partial charge in [-0.05, 0) is 49.6 Å². The van der Waals surface area contributed by atoms with Crippen molar-refractivity contribution < 1.29 is 17.9 Å². The van der Waals surface area contributed by atoms with Gasteiger partial charge in [0.2, 0.25) is 0 Å². The van der Waals surface area contributed by atoms with Gasteiger partial charge in [-0.1, -0.05) is 25.1 Å². The average molecular weight is 390 g/mol. The summed E-state index contributed by atoms with van der Waals surface area (Å²) in [6, 6.07) is 10.1. The molecule has 150 valence electrons. The largest absolute Gasteiger partial charge is 0.457 e. The third kappa shape index (κ3) is 3.97. The summed E-state index contributed by atoms with van der Waals surface area (Å²) in [5.74, 6) is 0.938. The van der Waals surface area contributed by atoms with Crippen molar-refractivity contribution >= 4 is 5.69 Å². The van der Waals surface area contributed by atoms with Gasteiger partial charge in [-0.2, -0.15) is 13.2 Å². The molecule has 0 atom stereocenters. The summed E-state index contributed by atoms with van der Waals surface area (Å²) in [5.41, 5.74) is 1.68. The van der Waals surface area contributed by atoms with E-state index in [-0.39, 0.29) is 6.04 Å². The molecule has 0 radical (unpaired) electrons. The maximum absolute atomic E-state index is 13.5. The lowest BCUT2D eigenvalue weighted by Gasteiger charge is -2.34. The van der Waals surface area contributed by atoms with Gasteiger partial charge >= 0.3 is 6.18 Å². The lowest BCUT2D eigenvalue weighted by molar-refractivity contribution is -0.137. The Morgan fingerprint density at radius 2 is 1.86 bits per heavy atom. The van der Waals surface area contributed by atoms with E-state index in [9.17, 15) is 13.2 Å². The number of hydrogen-bond acceptors (Lipinski definition) is 3. The third-order valence-electron chi connectivity index (χ3n) is 5.58. The molecule has 2 aromatic rings. The first-order valence-corrected chi connectivity index (χ1v) is 9.93. The molecule has 0 amide bonds. The van der Waals surface area contributed by atoms with Gasteiger partial charge in [-0.15, -0.1) is 0 Å². The quantitative estimate of drug-likeness (QED) is 0.620. The molecule has 4 rings (SSSR count). The van der Waals surface area contributed by atoms with Gasteiger partial charge in [0, 0.05) is 36.8 Å². The first-order valence-electron chi connectivity index (χ1n) is 9.93. The molecule has 2 aromatic carbocycles. The lowest BCUT2D eigenvalue weighted by Crippen LogP contribution is -2.39. The Labute approximate surface area is 163 Å². The molecule has 1 N–H and O–H groups in total. The van der Waals surface area contributed by atoms with Crippen LogP contribution in [0.1, 0.15) is 42.9 Å². The predicted molar refractivity (Wildman–Crippen MR) is 104 cm³/mol. The molecule has 0 unspecified atom stereocenters. The monoisotopic (exact) mass is 390 g/mol. The minimum Gasteiger partial charge on any atom is -0.457 e. The maximum Gasteiger partial charge on any atom is 0.416 e. The fourth-order valence-electron chi connectivity index (χ4n) is 4.11. The first kappa shape index (κ1) is 19.1. The molecule has 28 heavy (non-hydrogen) atoms. The molecular formula is C22H25F3N2O. The molecule has 2 heterocycles. The number of halogens is 3. The van der Waals surface area contributed by atoms with Crippen molar-refractivity contribution in [3.63, 3.8) is 0 Å². The minimum absolute atomic E-state index is 0.179. The number of nitrogens with one attached hydrogen (secondary N) is 1. The molecule has 1 saturated heterocycles. The summed E-state index contributed by atoms with van der Waals surface area (Å²) in [5, 5.41) is 3.41. The smallest absolute Gasteiger partial charge is 0.416 e. The van der Waals surface area contributed by atoms with Crippen LogP contribution < -0.4 is 10.1 Å². The highest BCUT2D eigenvalue weighted by Gasteiger charge is 2.34. The molecular weight excluding hydrogens is 365 g/mol. The summed E-state index contributed by atoms with van der Waals surface area (Å²) in [6.45, 7) is 5.20. The number of alkyl halides is 3. The number of fused-ring (bicyclic) bond motifs is 2. The number of likely N-dealkylation sites (tertiary alicyclic amines) is 1. The van der Waals surface area contributed by atoms with Crippen LogP contribution in [-0.2, 0) is 12.6 Å². The van der Waals surface area contributed by atoms with E-state index in [2.05, 4.69) is 17.1 Å². The second-order valence-electron chi connectivity index (χ2n) is 7.65. The summed E-state index contributed by atoms with van der Waals surface area (Å²) < 4.78 is 46.2. The van der Waals surface area contributed by atoms with Crippen molar-refractivity contribution in [3.8, 4) is 11.5 Å². The first-order chi connectivity index (χ1) is 13.4. The lowest BCUT2D eigenvalue weighted by atomic mass is 9.95. The Hall–Kier alpha value is -2.21. The van der Waals surface area contributed by atoms with Crippen LogP contribution in [0, 0.1) is 0 Å². The minimum atomic E-state index is -4.41. The molecule has 0 spiro atoms. The van der Waals surface area contributed by atoms with E-state index in [0.29, 0.717) is 23.6 Å². The second kappa shape index (κ2) is 7.66. The molecule has 0 aliphatic carbocycles. The van der Waals surface area contributed by atoms with Crippen LogP contribution >= 0.6 is 0 Å². The summed E-state index contributed by atoms with van der Waals surface area (Å²) in [6.07, 6.45) is -0.849.